The maximum atomic E-state index is 13.3. The molecule has 0 atom stereocenters. The molecule has 0 spiro atoms. The van der Waals surface area contributed by atoms with E-state index in [0.717, 1.165) is 16.8 Å². The Morgan fingerprint density at radius 3 is 2.80 bits per heavy atom. The van der Waals surface area contributed by atoms with E-state index < -0.39 is 17.3 Å². The van der Waals surface area contributed by atoms with Crippen molar-refractivity contribution in [1.82, 2.24) is 9.55 Å². The van der Waals surface area contributed by atoms with Gasteiger partial charge in [-0.1, -0.05) is 0 Å². The van der Waals surface area contributed by atoms with Crippen molar-refractivity contribution in [3.8, 4) is 5.75 Å². The van der Waals surface area contributed by atoms with Crippen molar-refractivity contribution in [2.75, 3.05) is 13.7 Å². The van der Waals surface area contributed by atoms with Crippen LogP contribution in [0.25, 0.3) is 11.0 Å². The minimum atomic E-state index is -0.794. The van der Waals surface area contributed by atoms with E-state index >= 15 is 0 Å². The molecule has 7 heteroatoms. The number of hydrogen-bond donors (Lipinski definition) is 0. The first-order valence-corrected chi connectivity index (χ1v) is 5.90. The van der Waals surface area contributed by atoms with Crippen molar-refractivity contribution in [2.24, 2.45) is 7.05 Å². The van der Waals surface area contributed by atoms with Crippen molar-refractivity contribution in [1.29, 1.82) is 0 Å². The summed E-state index contributed by atoms with van der Waals surface area (Å²) in [5.74, 6) is -1.39. The third kappa shape index (κ3) is 2.11. The smallest absolute Gasteiger partial charge is 0.347 e. The number of rotatable bonds is 3. The highest BCUT2D eigenvalue weighted by molar-refractivity contribution is 5.98. The number of carbonyl (C=O) groups excluding carboxylic acids is 1. The van der Waals surface area contributed by atoms with Gasteiger partial charge in [-0.15, -0.1) is 0 Å². The Balaban J connectivity index is 2.89. The van der Waals surface area contributed by atoms with Gasteiger partial charge in [-0.3, -0.25) is 4.79 Å². The van der Waals surface area contributed by atoms with Crippen molar-refractivity contribution < 1.29 is 18.7 Å². The van der Waals surface area contributed by atoms with Crippen LogP contribution in [-0.4, -0.2) is 29.2 Å². The van der Waals surface area contributed by atoms with Crippen LogP contribution in [0, 0.1) is 5.82 Å². The monoisotopic (exact) mass is 280 g/mol. The van der Waals surface area contributed by atoms with Gasteiger partial charge in [-0.25, -0.2) is 14.2 Å². The Labute approximate surface area is 113 Å². The molecule has 0 saturated carbocycles. The van der Waals surface area contributed by atoms with Gasteiger partial charge in [0.1, 0.15) is 11.3 Å². The van der Waals surface area contributed by atoms with Crippen LogP contribution in [0.1, 0.15) is 17.3 Å². The summed E-state index contributed by atoms with van der Waals surface area (Å²) in [6.07, 6.45) is 0.990. The molecule has 2 aromatic rings. The zero-order chi connectivity index (χ0) is 14.9. The lowest BCUT2D eigenvalue weighted by Crippen LogP contribution is -2.27. The summed E-state index contributed by atoms with van der Waals surface area (Å²) in [5.41, 5.74) is -0.414. The quantitative estimate of drug-likeness (QED) is 0.791. The third-order valence-corrected chi connectivity index (χ3v) is 2.84. The molecule has 0 aliphatic carbocycles. The lowest BCUT2D eigenvalue weighted by molar-refractivity contribution is 0.0520. The lowest BCUT2D eigenvalue weighted by Gasteiger charge is -2.12. The number of aryl methyl sites for hydroxylation is 1. The first kappa shape index (κ1) is 14.0. The standard InChI is InChI=1S/C13H13FN2O4/c1-4-20-13(18)9-11(19-3)10-8(16(2)12(9)17)5-7(14)6-15-10/h5-6H,4H2,1-3H3. The first-order valence-electron chi connectivity index (χ1n) is 5.90. The molecule has 20 heavy (non-hydrogen) atoms. The Kier molecular flexibility index (Phi) is 3.69. The number of nitrogens with zero attached hydrogens (tertiary/aromatic N) is 2. The van der Waals surface area contributed by atoms with E-state index in [0.29, 0.717) is 0 Å². The van der Waals surface area contributed by atoms with E-state index in [1.807, 2.05) is 0 Å². The normalized spacial score (nSPS) is 10.6. The zero-order valence-electron chi connectivity index (χ0n) is 11.3. The molecule has 0 radical (unpaired) electrons. The van der Waals surface area contributed by atoms with Gasteiger partial charge in [-0.2, -0.15) is 0 Å². The molecule has 106 valence electrons. The van der Waals surface area contributed by atoms with Crippen LogP contribution >= 0.6 is 0 Å². The highest BCUT2D eigenvalue weighted by Crippen LogP contribution is 2.26. The number of esters is 1. The summed E-state index contributed by atoms with van der Waals surface area (Å²) in [7, 11) is 2.73. The van der Waals surface area contributed by atoms with Crippen LogP contribution in [0.15, 0.2) is 17.1 Å². The minimum absolute atomic E-state index is 0.0125. The molecular formula is C13H13FN2O4. The van der Waals surface area contributed by atoms with Crippen LogP contribution in [0.4, 0.5) is 4.39 Å². The summed E-state index contributed by atoms with van der Waals surface area (Å²) < 4.78 is 24.3. The van der Waals surface area contributed by atoms with Crippen molar-refractivity contribution in [3.63, 3.8) is 0 Å². The average Bonchev–Trinajstić information content (AvgIpc) is 2.42. The van der Waals surface area contributed by atoms with Gasteiger partial charge in [0.25, 0.3) is 5.56 Å². The second-order valence-electron chi connectivity index (χ2n) is 4.01. The van der Waals surface area contributed by atoms with Crippen LogP contribution in [0.5, 0.6) is 5.75 Å². The molecular weight excluding hydrogens is 267 g/mol. The second-order valence-corrected chi connectivity index (χ2v) is 4.01. The van der Waals surface area contributed by atoms with Gasteiger partial charge in [0, 0.05) is 13.1 Å². The fraction of sp³-hybridized carbons (Fsp3) is 0.308. The molecule has 2 heterocycles. The number of hydrogen-bond acceptors (Lipinski definition) is 5. The minimum Gasteiger partial charge on any atom is -0.493 e. The predicted octanol–water partition coefficient (Wildman–Crippen LogP) is 1.26. The van der Waals surface area contributed by atoms with Gasteiger partial charge >= 0.3 is 5.97 Å². The van der Waals surface area contributed by atoms with E-state index in [2.05, 4.69) is 4.98 Å². The lowest BCUT2D eigenvalue weighted by atomic mass is 10.2. The summed E-state index contributed by atoms with van der Waals surface area (Å²) in [5, 5.41) is 0. The zero-order valence-corrected chi connectivity index (χ0v) is 11.3. The number of methoxy groups -OCH3 is 1. The molecule has 0 aliphatic heterocycles. The van der Waals surface area contributed by atoms with Crippen molar-refractivity contribution >= 4 is 17.0 Å². The molecule has 2 aromatic heterocycles. The van der Waals surface area contributed by atoms with E-state index in [1.54, 1.807) is 6.92 Å². The second kappa shape index (κ2) is 5.28. The number of ether oxygens (including phenoxy) is 2. The van der Waals surface area contributed by atoms with E-state index in [4.69, 9.17) is 9.47 Å². The SMILES string of the molecule is CCOC(=O)c1c(OC)c2ncc(F)cc2n(C)c1=O. The molecule has 0 fully saturated rings. The maximum absolute atomic E-state index is 13.3. The molecule has 0 saturated heterocycles. The molecule has 0 amide bonds. The van der Waals surface area contributed by atoms with Crippen molar-refractivity contribution in [3.05, 3.63) is 34.0 Å². The van der Waals surface area contributed by atoms with E-state index in [9.17, 15) is 14.0 Å². The van der Waals surface area contributed by atoms with Gasteiger partial charge in [0.2, 0.25) is 0 Å². The number of aromatic nitrogens is 2. The van der Waals surface area contributed by atoms with Gasteiger partial charge in [-0.05, 0) is 6.92 Å². The highest BCUT2D eigenvalue weighted by atomic mass is 19.1. The number of fused-ring (bicyclic) bond motifs is 1. The largest absolute Gasteiger partial charge is 0.493 e. The first-order chi connectivity index (χ1) is 9.51. The van der Waals surface area contributed by atoms with Crippen LogP contribution in [0.3, 0.4) is 0 Å². The van der Waals surface area contributed by atoms with E-state index in [1.165, 1.54) is 14.2 Å². The Bertz CT molecular complexity index is 739. The molecule has 0 aromatic carbocycles. The van der Waals surface area contributed by atoms with Crippen LogP contribution in [0.2, 0.25) is 0 Å². The van der Waals surface area contributed by atoms with Crippen LogP contribution < -0.4 is 10.3 Å². The molecule has 2 rings (SSSR count). The van der Waals surface area contributed by atoms with E-state index in [-0.39, 0.29) is 29.0 Å². The predicted molar refractivity (Wildman–Crippen MR) is 69.5 cm³/mol. The molecule has 0 N–H and O–H groups in total. The Morgan fingerprint density at radius 1 is 1.50 bits per heavy atom. The fourth-order valence-electron chi connectivity index (χ4n) is 1.93. The molecule has 0 bridgehead atoms. The summed E-state index contributed by atoms with van der Waals surface area (Å²) >= 11 is 0. The molecule has 0 aliphatic rings. The van der Waals surface area contributed by atoms with Crippen LogP contribution in [-0.2, 0) is 11.8 Å². The summed E-state index contributed by atoms with van der Waals surface area (Å²) in [6, 6.07) is 1.15. The Hall–Kier alpha value is -2.44. The van der Waals surface area contributed by atoms with Gasteiger partial charge < -0.3 is 14.0 Å². The third-order valence-electron chi connectivity index (χ3n) is 2.84. The van der Waals surface area contributed by atoms with Gasteiger partial charge in [0.05, 0.1) is 25.4 Å². The Morgan fingerprint density at radius 2 is 2.20 bits per heavy atom. The van der Waals surface area contributed by atoms with Crippen molar-refractivity contribution in [2.45, 2.75) is 6.92 Å². The van der Waals surface area contributed by atoms with Gasteiger partial charge in [0.15, 0.2) is 11.3 Å². The summed E-state index contributed by atoms with van der Waals surface area (Å²) in [4.78, 5) is 28.0. The number of halogens is 1. The maximum Gasteiger partial charge on any atom is 0.347 e. The average molecular weight is 280 g/mol. The summed E-state index contributed by atoms with van der Waals surface area (Å²) in [6.45, 7) is 1.75. The number of carbonyl (C=O) groups is 1. The fourth-order valence-corrected chi connectivity index (χ4v) is 1.93. The highest BCUT2D eigenvalue weighted by Gasteiger charge is 2.24. The topological polar surface area (TPSA) is 70.4 Å². The number of pyridine rings is 2. The molecule has 6 nitrogen and oxygen atoms in total. The molecule has 0 unspecified atom stereocenters.